The number of anilines is 3. The highest BCUT2D eigenvalue weighted by atomic mass is 15.2. The van der Waals surface area contributed by atoms with Gasteiger partial charge in [0, 0.05) is 85.6 Å². The Labute approximate surface area is 209 Å². The Kier molecular flexibility index (Phi) is 5.37. The van der Waals surface area contributed by atoms with Gasteiger partial charge < -0.3 is 15.1 Å². The molecule has 6 heterocycles. The van der Waals surface area contributed by atoms with E-state index in [0.29, 0.717) is 13.2 Å². The molecule has 0 spiro atoms. The van der Waals surface area contributed by atoms with Crippen LogP contribution in [0.15, 0.2) is 77.5 Å². The number of nitrogens with one attached hydrogen (secondary N) is 1. The number of pyridine rings is 4. The number of aromatic nitrogens is 4. The first-order valence-corrected chi connectivity index (χ1v) is 11.7. The van der Waals surface area contributed by atoms with Gasteiger partial charge in [0.2, 0.25) is 0 Å². The maximum absolute atomic E-state index is 4.89. The number of nitrogens with zero attached hydrogens (tertiary/aromatic N) is 8. The van der Waals surface area contributed by atoms with Crippen molar-refractivity contribution in [2.45, 2.75) is 6.54 Å². The van der Waals surface area contributed by atoms with Crippen LogP contribution in [0.25, 0.3) is 22.4 Å². The predicted molar refractivity (Wildman–Crippen MR) is 144 cm³/mol. The van der Waals surface area contributed by atoms with Gasteiger partial charge in [0.25, 0.3) is 0 Å². The second kappa shape index (κ2) is 8.84. The fourth-order valence-corrected chi connectivity index (χ4v) is 4.44. The highest BCUT2D eigenvalue weighted by molar-refractivity contribution is 6.52. The van der Waals surface area contributed by atoms with E-state index in [-0.39, 0.29) is 0 Å². The van der Waals surface area contributed by atoms with Crippen LogP contribution in [0.1, 0.15) is 11.1 Å². The van der Waals surface area contributed by atoms with Crippen molar-refractivity contribution in [3.63, 3.8) is 0 Å². The number of hydrogen-bond donors (Lipinski definition) is 1. The Morgan fingerprint density at radius 3 is 2.58 bits per heavy atom. The largest absolute Gasteiger partial charge is 0.376 e. The molecule has 0 unspecified atom stereocenters. The van der Waals surface area contributed by atoms with Crippen molar-refractivity contribution in [3.8, 4) is 22.4 Å². The summed E-state index contributed by atoms with van der Waals surface area (Å²) in [5.41, 5.74) is 8.63. The van der Waals surface area contributed by atoms with Crippen LogP contribution in [0, 0.1) is 0 Å². The molecule has 0 aromatic carbocycles. The lowest BCUT2D eigenvalue weighted by atomic mass is 10.0. The molecule has 36 heavy (non-hydrogen) atoms. The quantitative estimate of drug-likeness (QED) is 0.479. The van der Waals surface area contributed by atoms with Gasteiger partial charge in [0.05, 0.1) is 24.1 Å². The van der Waals surface area contributed by atoms with Crippen molar-refractivity contribution in [1.29, 1.82) is 0 Å². The lowest BCUT2D eigenvalue weighted by Gasteiger charge is -2.28. The maximum atomic E-state index is 4.89. The Hall–Kier alpha value is -4.66. The molecule has 0 aliphatic carbocycles. The highest BCUT2D eigenvalue weighted by Crippen LogP contribution is 2.33. The van der Waals surface area contributed by atoms with Crippen LogP contribution in [0.2, 0.25) is 0 Å². The second-order valence-corrected chi connectivity index (χ2v) is 8.98. The van der Waals surface area contributed by atoms with E-state index in [1.165, 1.54) is 0 Å². The number of amidine groups is 1. The summed E-state index contributed by atoms with van der Waals surface area (Å²) in [5.74, 6) is 1.61. The lowest BCUT2D eigenvalue weighted by Crippen LogP contribution is -2.35. The Morgan fingerprint density at radius 1 is 0.889 bits per heavy atom. The second-order valence-electron chi connectivity index (χ2n) is 8.98. The molecule has 0 saturated carbocycles. The first-order valence-electron chi connectivity index (χ1n) is 11.7. The molecule has 9 nitrogen and oxygen atoms in total. The van der Waals surface area contributed by atoms with Gasteiger partial charge in [-0.15, -0.1) is 0 Å². The van der Waals surface area contributed by atoms with Gasteiger partial charge in [-0.1, -0.05) is 0 Å². The molecule has 0 fully saturated rings. The minimum Gasteiger partial charge on any atom is -0.376 e. The first-order chi connectivity index (χ1) is 17.6. The van der Waals surface area contributed by atoms with Gasteiger partial charge >= 0.3 is 0 Å². The molecule has 2 aliphatic heterocycles. The van der Waals surface area contributed by atoms with E-state index < -0.39 is 0 Å². The van der Waals surface area contributed by atoms with Crippen molar-refractivity contribution in [1.82, 2.24) is 19.9 Å². The number of hydrogen-bond acceptors (Lipinski definition) is 9. The molecule has 4 aromatic heterocycles. The van der Waals surface area contributed by atoms with Crippen molar-refractivity contribution in [2.24, 2.45) is 9.98 Å². The van der Waals surface area contributed by atoms with E-state index in [4.69, 9.17) is 15.0 Å². The highest BCUT2D eigenvalue weighted by Gasteiger charge is 2.27. The van der Waals surface area contributed by atoms with Crippen LogP contribution in [0.4, 0.5) is 17.2 Å². The summed E-state index contributed by atoms with van der Waals surface area (Å²) in [7, 11) is 6.01. The molecule has 1 N–H and O–H groups in total. The zero-order valence-corrected chi connectivity index (χ0v) is 20.3. The van der Waals surface area contributed by atoms with Crippen LogP contribution in [0.5, 0.6) is 0 Å². The number of aliphatic imine (C=N–C) groups is 2. The summed E-state index contributed by atoms with van der Waals surface area (Å²) < 4.78 is 0. The summed E-state index contributed by atoms with van der Waals surface area (Å²) in [4.78, 5) is 31.9. The van der Waals surface area contributed by atoms with Gasteiger partial charge in [-0.3, -0.25) is 24.9 Å². The normalized spacial score (nSPS) is 14.2. The molecule has 0 bridgehead atoms. The molecular weight excluding hydrogens is 450 g/mol. The van der Waals surface area contributed by atoms with E-state index in [2.05, 4.69) is 32.4 Å². The minimum atomic E-state index is 0.502. The van der Waals surface area contributed by atoms with Gasteiger partial charge in [-0.25, -0.2) is 4.98 Å². The molecule has 0 amide bonds. The Bertz CT molecular complexity index is 1510. The number of rotatable bonds is 4. The van der Waals surface area contributed by atoms with Crippen LogP contribution in [-0.4, -0.2) is 59.3 Å². The summed E-state index contributed by atoms with van der Waals surface area (Å²) in [6.45, 7) is 1.01. The van der Waals surface area contributed by atoms with Crippen LogP contribution < -0.4 is 15.1 Å². The molecule has 9 heteroatoms. The van der Waals surface area contributed by atoms with E-state index in [1.807, 2.05) is 80.1 Å². The SMILES string of the molecule is CN(C)c1cncc(-c2cnc3c(c2)C(C2=NCc4c(ccnc4-c4cccnc4)N2)=NCN3C)c1. The summed E-state index contributed by atoms with van der Waals surface area (Å²) in [5, 5.41) is 3.51. The van der Waals surface area contributed by atoms with E-state index >= 15 is 0 Å². The molecular formula is C27H25N9. The molecule has 0 saturated heterocycles. The monoisotopic (exact) mass is 475 g/mol. The first kappa shape index (κ1) is 21.8. The smallest absolute Gasteiger partial charge is 0.152 e. The van der Waals surface area contributed by atoms with Gasteiger partial charge in [-0.2, -0.15) is 0 Å². The van der Waals surface area contributed by atoms with Crippen molar-refractivity contribution in [3.05, 3.63) is 78.6 Å². The summed E-state index contributed by atoms with van der Waals surface area (Å²) in [6, 6.07) is 10.1. The zero-order valence-electron chi connectivity index (χ0n) is 20.3. The van der Waals surface area contributed by atoms with Crippen LogP contribution in [-0.2, 0) is 6.54 Å². The zero-order chi connectivity index (χ0) is 24.6. The molecule has 6 rings (SSSR count). The van der Waals surface area contributed by atoms with Crippen LogP contribution in [0.3, 0.4) is 0 Å². The molecule has 0 radical (unpaired) electrons. The molecule has 0 atom stereocenters. The van der Waals surface area contributed by atoms with E-state index in [1.54, 1.807) is 6.20 Å². The minimum absolute atomic E-state index is 0.502. The molecule has 178 valence electrons. The average molecular weight is 476 g/mol. The lowest BCUT2D eigenvalue weighted by molar-refractivity contribution is 0.893. The standard InChI is InChI=1S/C27H25N9/c1-35(2)20-9-18(12-29-14-20)19-10-21-25(33-16-36(3)27(21)32-13-19)26-31-15-22-23(34-26)6-8-30-24(22)17-5-4-7-28-11-17/h4-14H,15-16H2,1-3H3,(H,31,34). The van der Waals surface area contributed by atoms with Crippen molar-refractivity contribution in [2.75, 3.05) is 42.9 Å². The third-order valence-corrected chi connectivity index (χ3v) is 6.36. The fourth-order valence-electron chi connectivity index (χ4n) is 4.44. The molecule has 2 aliphatic rings. The summed E-state index contributed by atoms with van der Waals surface area (Å²) >= 11 is 0. The van der Waals surface area contributed by atoms with Crippen molar-refractivity contribution < 1.29 is 0 Å². The van der Waals surface area contributed by atoms with E-state index in [0.717, 1.165) is 62.3 Å². The maximum Gasteiger partial charge on any atom is 0.152 e. The van der Waals surface area contributed by atoms with Gasteiger partial charge in [-0.05, 0) is 30.3 Å². The predicted octanol–water partition coefficient (Wildman–Crippen LogP) is 3.89. The van der Waals surface area contributed by atoms with Gasteiger partial charge in [0.1, 0.15) is 18.2 Å². The third-order valence-electron chi connectivity index (χ3n) is 6.36. The average Bonchev–Trinajstić information content (AvgIpc) is 2.93. The van der Waals surface area contributed by atoms with Crippen molar-refractivity contribution >= 4 is 28.7 Å². The molecule has 4 aromatic rings. The number of fused-ring (bicyclic) bond motifs is 2. The van der Waals surface area contributed by atoms with Gasteiger partial charge in [0.15, 0.2) is 5.84 Å². The van der Waals surface area contributed by atoms with Crippen LogP contribution >= 0.6 is 0 Å². The topological polar surface area (TPSA) is 94.8 Å². The third kappa shape index (κ3) is 3.84. The Balaban J connectivity index is 1.37. The summed E-state index contributed by atoms with van der Waals surface area (Å²) in [6.07, 6.45) is 11.0. The Morgan fingerprint density at radius 2 is 1.75 bits per heavy atom. The fraction of sp³-hybridized carbons (Fsp3) is 0.185. The van der Waals surface area contributed by atoms with E-state index in [9.17, 15) is 0 Å².